The van der Waals surface area contributed by atoms with Gasteiger partial charge < -0.3 is 9.47 Å². The standard InChI is InChI=1S/C12H13NO3/c1-8-10(12(14)15-2)13-11(16-8)9-6-4-3-5-7-9/h3-8,10H,1-2H3/t8?,10-/m1/s1. The maximum atomic E-state index is 11.4. The predicted octanol–water partition coefficient (Wildman–Crippen LogP) is 1.39. The van der Waals surface area contributed by atoms with E-state index in [1.54, 1.807) is 6.92 Å². The fraction of sp³-hybridized carbons (Fsp3) is 0.333. The van der Waals surface area contributed by atoms with E-state index < -0.39 is 6.04 Å². The third-order valence-corrected chi connectivity index (χ3v) is 2.46. The molecule has 0 radical (unpaired) electrons. The number of nitrogens with zero attached hydrogens (tertiary/aromatic N) is 1. The minimum Gasteiger partial charge on any atom is -0.472 e. The van der Waals surface area contributed by atoms with Gasteiger partial charge in [-0.1, -0.05) is 18.2 Å². The molecule has 1 heterocycles. The Kier molecular flexibility index (Phi) is 2.90. The number of esters is 1. The Bertz CT molecular complexity index is 414. The van der Waals surface area contributed by atoms with Gasteiger partial charge in [-0.25, -0.2) is 9.79 Å². The maximum Gasteiger partial charge on any atom is 0.334 e. The van der Waals surface area contributed by atoms with Crippen LogP contribution in [0.2, 0.25) is 0 Å². The van der Waals surface area contributed by atoms with Crippen molar-refractivity contribution in [2.75, 3.05) is 7.11 Å². The molecule has 0 N–H and O–H groups in total. The Hall–Kier alpha value is -1.84. The SMILES string of the molecule is COC(=O)[C@@H]1N=C(c2ccccc2)OC1C. The van der Waals surface area contributed by atoms with Gasteiger partial charge in [-0.15, -0.1) is 0 Å². The van der Waals surface area contributed by atoms with E-state index >= 15 is 0 Å². The molecule has 0 saturated heterocycles. The summed E-state index contributed by atoms with van der Waals surface area (Å²) in [5.41, 5.74) is 0.876. The highest BCUT2D eigenvalue weighted by Gasteiger charge is 2.34. The van der Waals surface area contributed by atoms with Crippen molar-refractivity contribution in [3.8, 4) is 0 Å². The van der Waals surface area contributed by atoms with Crippen molar-refractivity contribution in [1.29, 1.82) is 0 Å². The molecule has 84 valence electrons. The number of methoxy groups -OCH3 is 1. The number of ether oxygens (including phenoxy) is 2. The number of hydrogen-bond acceptors (Lipinski definition) is 4. The van der Waals surface area contributed by atoms with E-state index in [4.69, 9.17) is 4.74 Å². The van der Waals surface area contributed by atoms with Crippen LogP contribution in [0.15, 0.2) is 35.3 Å². The van der Waals surface area contributed by atoms with Crippen LogP contribution in [0, 0.1) is 0 Å². The molecule has 16 heavy (non-hydrogen) atoms. The normalized spacial score (nSPS) is 23.5. The van der Waals surface area contributed by atoms with Crippen molar-refractivity contribution in [2.45, 2.75) is 19.1 Å². The van der Waals surface area contributed by atoms with Crippen molar-refractivity contribution >= 4 is 11.9 Å². The summed E-state index contributed by atoms with van der Waals surface area (Å²) < 4.78 is 10.2. The van der Waals surface area contributed by atoms with E-state index in [0.717, 1.165) is 5.56 Å². The first-order valence-electron chi connectivity index (χ1n) is 5.10. The number of benzene rings is 1. The molecule has 2 atom stereocenters. The summed E-state index contributed by atoms with van der Waals surface area (Å²) in [6, 6.07) is 8.95. The molecule has 2 rings (SSSR count). The molecule has 1 aromatic carbocycles. The molecular weight excluding hydrogens is 206 g/mol. The topological polar surface area (TPSA) is 47.9 Å². The highest BCUT2D eigenvalue weighted by atomic mass is 16.5. The molecule has 0 aromatic heterocycles. The number of aliphatic imine (C=N–C) groups is 1. The summed E-state index contributed by atoms with van der Waals surface area (Å²) in [5.74, 6) is 0.141. The summed E-state index contributed by atoms with van der Waals surface area (Å²) in [5, 5.41) is 0. The van der Waals surface area contributed by atoms with Crippen LogP contribution in [0.5, 0.6) is 0 Å². The fourth-order valence-electron chi connectivity index (χ4n) is 1.59. The molecule has 0 spiro atoms. The average Bonchev–Trinajstić information content (AvgIpc) is 2.71. The molecule has 1 aliphatic heterocycles. The molecule has 0 bridgehead atoms. The van der Waals surface area contributed by atoms with Gasteiger partial charge in [0.15, 0.2) is 6.04 Å². The zero-order valence-electron chi connectivity index (χ0n) is 9.21. The maximum absolute atomic E-state index is 11.4. The van der Waals surface area contributed by atoms with Crippen LogP contribution in [-0.4, -0.2) is 31.1 Å². The monoisotopic (exact) mass is 219 g/mol. The highest BCUT2D eigenvalue weighted by Crippen LogP contribution is 2.18. The third-order valence-electron chi connectivity index (χ3n) is 2.46. The predicted molar refractivity (Wildman–Crippen MR) is 59.3 cm³/mol. The Morgan fingerprint density at radius 1 is 1.38 bits per heavy atom. The number of carbonyl (C=O) groups is 1. The molecule has 1 unspecified atom stereocenters. The first-order valence-corrected chi connectivity index (χ1v) is 5.10. The largest absolute Gasteiger partial charge is 0.472 e. The molecule has 0 aliphatic carbocycles. The van der Waals surface area contributed by atoms with Gasteiger partial charge in [-0.2, -0.15) is 0 Å². The Morgan fingerprint density at radius 3 is 2.69 bits per heavy atom. The van der Waals surface area contributed by atoms with Gasteiger partial charge >= 0.3 is 5.97 Å². The van der Waals surface area contributed by atoms with Crippen LogP contribution in [0.25, 0.3) is 0 Å². The fourth-order valence-corrected chi connectivity index (χ4v) is 1.59. The summed E-state index contributed by atoms with van der Waals surface area (Å²) >= 11 is 0. The summed E-state index contributed by atoms with van der Waals surface area (Å²) in [7, 11) is 1.35. The van der Waals surface area contributed by atoms with Crippen LogP contribution in [0.4, 0.5) is 0 Å². The van der Waals surface area contributed by atoms with Crippen LogP contribution in [-0.2, 0) is 14.3 Å². The first kappa shape index (κ1) is 10.7. The van der Waals surface area contributed by atoms with Crippen molar-refractivity contribution in [2.24, 2.45) is 4.99 Å². The molecule has 0 amide bonds. The van der Waals surface area contributed by atoms with Crippen LogP contribution < -0.4 is 0 Å². The van der Waals surface area contributed by atoms with E-state index in [9.17, 15) is 4.79 Å². The quantitative estimate of drug-likeness (QED) is 0.706. The highest BCUT2D eigenvalue weighted by molar-refractivity contribution is 5.97. The van der Waals surface area contributed by atoms with Crippen LogP contribution in [0.3, 0.4) is 0 Å². The average molecular weight is 219 g/mol. The second-order valence-electron chi connectivity index (χ2n) is 3.59. The number of carbonyl (C=O) groups excluding carboxylic acids is 1. The van der Waals surface area contributed by atoms with E-state index in [1.165, 1.54) is 7.11 Å². The molecular formula is C12H13NO3. The minimum absolute atomic E-state index is 0.275. The number of rotatable bonds is 2. The van der Waals surface area contributed by atoms with Crippen molar-refractivity contribution in [3.63, 3.8) is 0 Å². The van der Waals surface area contributed by atoms with E-state index in [-0.39, 0.29) is 12.1 Å². The lowest BCUT2D eigenvalue weighted by Gasteiger charge is -2.09. The van der Waals surface area contributed by atoms with Gasteiger partial charge in [-0.05, 0) is 19.1 Å². The Balaban J connectivity index is 2.23. The Labute approximate surface area is 93.9 Å². The second-order valence-corrected chi connectivity index (χ2v) is 3.59. The third kappa shape index (κ3) is 1.91. The lowest BCUT2D eigenvalue weighted by Crippen LogP contribution is -2.28. The molecule has 4 heteroatoms. The molecule has 1 aliphatic rings. The van der Waals surface area contributed by atoms with Gasteiger partial charge in [0.2, 0.25) is 5.90 Å². The van der Waals surface area contributed by atoms with Gasteiger partial charge in [0.05, 0.1) is 7.11 Å². The van der Waals surface area contributed by atoms with Crippen LogP contribution in [0.1, 0.15) is 12.5 Å². The smallest absolute Gasteiger partial charge is 0.334 e. The second kappa shape index (κ2) is 4.35. The van der Waals surface area contributed by atoms with E-state index in [1.807, 2.05) is 30.3 Å². The number of hydrogen-bond donors (Lipinski definition) is 0. The zero-order chi connectivity index (χ0) is 11.5. The summed E-state index contributed by atoms with van der Waals surface area (Å²) in [6.07, 6.45) is -0.275. The minimum atomic E-state index is -0.555. The van der Waals surface area contributed by atoms with Gasteiger partial charge in [0.25, 0.3) is 0 Å². The summed E-state index contributed by atoms with van der Waals surface area (Å²) in [4.78, 5) is 15.6. The van der Waals surface area contributed by atoms with Gasteiger partial charge in [-0.3, -0.25) is 0 Å². The molecule has 0 fully saturated rings. The molecule has 0 saturated carbocycles. The summed E-state index contributed by atoms with van der Waals surface area (Å²) in [6.45, 7) is 1.81. The van der Waals surface area contributed by atoms with Crippen molar-refractivity contribution in [1.82, 2.24) is 0 Å². The first-order chi connectivity index (χ1) is 7.72. The van der Waals surface area contributed by atoms with Gasteiger partial charge in [0.1, 0.15) is 6.10 Å². The van der Waals surface area contributed by atoms with Crippen LogP contribution >= 0.6 is 0 Å². The Morgan fingerprint density at radius 2 is 2.06 bits per heavy atom. The van der Waals surface area contributed by atoms with Crippen molar-refractivity contribution in [3.05, 3.63) is 35.9 Å². The molecule has 4 nitrogen and oxygen atoms in total. The van der Waals surface area contributed by atoms with E-state index in [2.05, 4.69) is 9.73 Å². The van der Waals surface area contributed by atoms with Gasteiger partial charge in [0, 0.05) is 5.56 Å². The molecule has 1 aromatic rings. The lowest BCUT2D eigenvalue weighted by molar-refractivity contribution is -0.143. The van der Waals surface area contributed by atoms with Crippen molar-refractivity contribution < 1.29 is 14.3 Å². The van der Waals surface area contributed by atoms with E-state index in [0.29, 0.717) is 5.90 Å². The lowest BCUT2D eigenvalue weighted by atomic mass is 10.2. The zero-order valence-corrected chi connectivity index (χ0v) is 9.21.